The highest BCUT2D eigenvalue weighted by atomic mass is 16.5. The molecule has 2 aliphatic heterocycles. The number of fused-ring (bicyclic) bond motifs is 1. The Labute approximate surface area is 204 Å². The summed E-state index contributed by atoms with van der Waals surface area (Å²) >= 11 is 0. The van der Waals surface area contributed by atoms with Crippen molar-refractivity contribution < 1.29 is 23.9 Å². The summed E-state index contributed by atoms with van der Waals surface area (Å²) in [6.45, 7) is 6.10. The molecule has 0 N–H and O–H groups in total. The van der Waals surface area contributed by atoms with Crippen molar-refractivity contribution in [3.05, 3.63) is 65.7 Å². The summed E-state index contributed by atoms with van der Waals surface area (Å²) in [5.41, 5.74) is 3.21. The molecule has 0 bridgehead atoms. The van der Waals surface area contributed by atoms with Crippen LogP contribution in [0.2, 0.25) is 0 Å². The SMILES string of the molecule is Cc1ccc(C)c(N2C[C@H](C(=O)Oc3cccc(N4C(=O)[C@H]5[C@@H](C)C=CC[C@H]5C4=O)c3)CC2=O)c1. The number of rotatable bonds is 4. The Bertz CT molecular complexity index is 1270. The van der Waals surface area contributed by atoms with Crippen LogP contribution >= 0.6 is 0 Å². The average molecular weight is 473 g/mol. The lowest BCUT2D eigenvalue weighted by atomic mass is 9.78. The van der Waals surface area contributed by atoms with Crippen LogP contribution < -0.4 is 14.5 Å². The normalized spacial score (nSPS) is 25.9. The van der Waals surface area contributed by atoms with Gasteiger partial charge >= 0.3 is 5.97 Å². The maximum atomic E-state index is 13.1. The van der Waals surface area contributed by atoms with E-state index in [4.69, 9.17) is 4.74 Å². The summed E-state index contributed by atoms with van der Waals surface area (Å²) in [7, 11) is 0. The van der Waals surface area contributed by atoms with Crippen molar-refractivity contribution in [2.75, 3.05) is 16.3 Å². The number of nitrogens with zero attached hydrogens (tertiary/aromatic N) is 2. The zero-order valence-electron chi connectivity index (χ0n) is 20.1. The molecule has 0 saturated carbocycles. The van der Waals surface area contributed by atoms with Gasteiger partial charge < -0.3 is 9.64 Å². The molecule has 2 saturated heterocycles. The molecule has 2 aromatic rings. The summed E-state index contributed by atoms with van der Waals surface area (Å²) in [5.74, 6) is -2.13. The molecule has 1 aliphatic carbocycles. The molecule has 4 atom stereocenters. The topological polar surface area (TPSA) is 84.0 Å². The zero-order chi connectivity index (χ0) is 24.9. The molecular formula is C28H28N2O5. The Morgan fingerprint density at radius 1 is 1.03 bits per heavy atom. The zero-order valence-corrected chi connectivity index (χ0v) is 20.1. The van der Waals surface area contributed by atoms with Gasteiger partial charge in [-0.15, -0.1) is 0 Å². The third-order valence-corrected chi connectivity index (χ3v) is 7.28. The lowest BCUT2D eigenvalue weighted by Crippen LogP contribution is -2.31. The van der Waals surface area contributed by atoms with Crippen molar-refractivity contribution >= 4 is 35.1 Å². The number of esters is 1. The van der Waals surface area contributed by atoms with Crippen LogP contribution in [0.25, 0.3) is 0 Å². The van der Waals surface area contributed by atoms with E-state index in [1.807, 2.05) is 51.1 Å². The number of ether oxygens (including phenoxy) is 1. The number of aryl methyl sites for hydroxylation is 2. The van der Waals surface area contributed by atoms with Crippen LogP contribution in [0.5, 0.6) is 5.75 Å². The molecule has 2 fully saturated rings. The van der Waals surface area contributed by atoms with E-state index in [1.165, 1.54) is 4.90 Å². The van der Waals surface area contributed by atoms with Crippen LogP contribution in [0.3, 0.4) is 0 Å². The first-order valence-corrected chi connectivity index (χ1v) is 12.0. The molecular weight excluding hydrogens is 444 g/mol. The molecule has 0 spiro atoms. The Balaban J connectivity index is 1.31. The van der Waals surface area contributed by atoms with Gasteiger partial charge in [0, 0.05) is 24.7 Å². The minimum absolute atomic E-state index is 0.00361. The van der Waals surface area contributed by atoms with Crippen LogP contribution in [0.4, 0.5) is 11.4 Å². The van der Waals surface area contributed by atoms with Crippen LogP contribution in [0, 0.1) is 37.5 Å². The molecule has 0 unspecified atom stereocenters. The third-order valence-electron chi connectivity index (χ3n) is 7.28. The Morgan fingerprint density at radius 2 is 1.83 bits per heavy atom. The fourth-order valence-electron chi connectivity index (χ4n) is 5.40. The number of hydrogen-bond donors (Lipinski definition) is 0. The Kier molecular flexibility index (Phi) is 5.79. The quantitative estimate of drug-likeness (QED) is 0.291. The summed E-state index contributed by atoms with van der Waals surface area (Å²) in [6.07, 6.45) is 4.57. The third kappa shape index (κ3) is 4.05. The number of carbonyl (C=O) groups is 4. The Hall–Kier alpha value is -3.74. The fraction of sp³-hybridized carbons (Fsp3) is 0.357. The molecule has 0 radical (unpaired) electrons. The van der Waals surface area contributed by atoms with Gasteiger partial charge in [0.15, 0.2) is 0 Å². The molecule has 0 aromatic heterocycles. The van der Waals surface area contributed by atoms with E-state index in [-0.39, 0.29) is 54.2 Å². The maximum Gasteiger partial charge on any atom is 0.316 e. The number of carbonyl (C=O) groups excluding carboxylic acids is 4. The molecule has 180 valence electrons. The highest BCUT2D eigenvalue weighted by Gasteiger charge is 2.50. The van der Waals surface area contributed by atoms with E-state index in [0.29, 0.717) is 12.1 Å². The summed E-state index contributed by atoms with van der Waals surface area (Å²) < 4.78 is 5.62. The smallest absolute Gasteiger partial charge is 0.316 e. The van der Waals surface area contributed by atoms with E-state index in [2.05, 4.69) is 0 Å². The predicted molar refractivity (Wildman–Crippen MR) is 131 cm³/mol. The molecule has 5 rings (SSSR count). The van der Waals surface area contributed by atoms with E-state index in [0.717, 1.165) is 16.8 Å². The van der Waals surface area contributed by atoms with Gasteiger partial charge in [0.05, 0.1) is 23.4 Å². The lowest BCUT2D eigenvalue weighted by Gasteiger charge is -2.22. The molecule has 7 nitrogen and oxygen atoms in total. The van der Waals surface area contributed by atoms with Crippen LogP contribution in [-0.2, 0) is 19.2 Å². The van der Waals surface area contributed by atoms with Gasteiger partial charge in [0.1, 0.15) is 5.75 Å². The fourth-order valence-corrected chi connectivity index (χ4v) is 5.40. The number of imide groups is 1. The van der Waals surface area contributed by atoms with Crippen molar-refractivity contribution in [3.8, 4) is 5.75 Å². The second kappa shape index (κ2) is 8.80. The summed E-state index contributed by atoms with van der Waals surface area (Å²) in [4.78, 5) is 54.6. The van der Waals surface area contributed by atoms with Gasteiger partial charge in [0.25, 0.3) is 0 Å². The van der Waals surface area contributed by atoms with E-state index >= 15 is 0 Å². The molecule has 2 aromatic carbocycles. The molecule has 3 amide bonds. The predicted octanol–water partition coefficient (Wildman–Crippen LogP) is 3.96. The number of hydrogen-bond acceptors (Lipinski definition) is 5. The van der Waals surface area contributed by atoms with Gasteiger partial charge in [-0.1, -0.05) is 37.3 Å². The second-order valence-electron chi connectivity index (χ2n) is 9.78. The van der Waals surface area contributed by atoms with Crippen molar-refractivity contribution in [2.24, 2.45) is 23.7 Å². The van der Waals surface area contributed by atoms with Crippen LogP contribution in [0.15, 0.2) is 54.6 Å². The first-order chi connectivity index (χ1) is 16.7. The average Bonchev–Trinajstić information content (AvgIpc) is 3.33. The number of amides is 3. The Morgan fingerprint density at radius 3 is 2.60 bits per heavy atom. The van der Waals surface area contributed by atoms with Crippen LogP contribution in [-0.4, -0.2) is 30.2 Å². The van der Waals surface area contributed by atoms with Crippen LogP contribution in [0.1, 0.15) is 30.9 Å². The van der Waals surface area contributed by atoms with Gasteiger partial charge in [-0.25, -0.2) is 4.90 Å². The van der Waals surface area contributed by atoms with Crippen molar-refractivity contribution in [1.82, 2.24) is 0 Å². The molecule has 3 aliphatic rings. The second-order valence-corrected chi connectivity index (χ2v) is 9.78. The highest BCUT2D eigenvalue weighted by molar-refractivity contribution is 6.22. The minimum atomic E-state index is -0.601. The molecule has 35 heavy (non-hydrogen) atoms. The van der Waals surface area contributed by atoms with Crippen molar-refractivity contribution in [3.63, 3.8) is 0 Å². The first kappa shape index (κ1) is 23.0. The maximum absolute atomic E-state index is 13.1. The molecule has 7 heteroatoms. The van der Waals surface area contributed by atoms with E-state index in [9.17, 15) is 19.2 Å². The summed E-state index contributed by atoms with van der Waals surface area (Å²) in [5, 5.41) is 0. The van der Waals surface area contributed by atoms with Crippen molar-refractivity contribution in [1.29, 1.82) is 0 Å². The van der Waals surface area contributed by atoms with Gasteiger partial charge in [0.2, 0.25) is 17.7 Å². The van der Waals surface area contributed by atoms with E-state index in [1.54, 1.807) is 29.2 Å². The summed E-state index contributed by atoms with van der Waals surface area (Å²) in [6, 6.07) is 12.4. The van der Waals surface area contributed by atoms with Gasteiger partial charge in [-0.2, -0.15) is 0 Å². The molecule has 2 heterocycles. The number of benzene rings is 2. The van der Waals surface area contributed by atoms with E-state index < -0.39 is 11.9 Å². The highest BCUT2D eigenvalue weighted by Crippen LogP contribution is 2.41. The largest absolute Gasteiger partial charge is 0.426 e. The number of allylic oxidation sites excluding steroid dienone is 2. The minimum Gasteiger partial charge on any atom is -0.426 e. The standard InChI is InChI=1S/C28H28N2O5/c1-16-10-11-17(2)23(12-16)29-15-19(13-24(29)31)28(34)35-21-8-5-7-20(14-21)30-26(32)22-9-4-6-18(3)25(22)27(30)33/h4-8,10-12,14,18-19,22,25H,9,13,15H2,1-3H3/t18-,19+,22+,25-/m0/s1. The van der Waals surface area contributed by atoms with Crippen molar-refractivity contribution in [2.45, 2.75) is 33.6 Å². The number of anilines is 2. The van der Waals surface area contributed by atoms with Gasteiger partial charge in [-0.3, -0.25) is 19.2 Å². The first-order valence-electron chi connectivity index (χ1n) is 12.0. The monoisotopic (exact) mass is 472 g/mol. The lowest BCUT2D eigenvalue weighted by molar-refractivity contribution is -0.139. The van der Waals surface area contributed by atoms with Gasteiger partial charge in [-0.05, 0) is 55.5 Å².